The molecule has 0 aliphatic heterocycles. The first-order valence-electron chi connectivity index (χ1n) is 8.51. The Bertz CT molecular complexity index is 928. The Hall–Kier alpha value is -2.51. The van der Waals surface area contributed by atoms with Crippen LogP contribution in [0.5, 0.6) is 0 Å². The molecule has 0 saturated carbocycles. The zero-order valence-electron chi connectivity index (χ0n) is 15.5. The molecule has 5 nitrogen and oxygen atoms in total. The highest BCUT2D eigenvalue weighted by Crippen LogP contribution is 2.26. The van der Waals surface area contributed by atoms with E-state index in [1.807, 2.05) is 54.3 Å². The van der Waals surface area contributed by atoms with Gasteiger partial charge in [-0.05, 0) is 36.4 Å². The highest BCUT2D eigenvalue weighted by molar-refractivity contribution is 7.14. The maximum atomic E-state index is 12.4. The molecule has 0 bridgehead atoms. The van der Waals surface area contributed by atoms with Gasteiger partial charge in [0.1, 0.15) is 5.01 Å². The molecule has 0 radical (unpaired) electrons. The largest absolute Gasteiger partial charge is 0.336 e. The van der Waals surface area contributed by atoms with E-state index in [0.717, 1.165) is 33.1 Å². The van der Waals surface area contributed by atoms with Crippen LogP contribution in [-0.4, -0.2) is 35.3 Å². The van der Waals surface area contributed by atoms with E-state index < -0.39 is 0 Å². The summed E-state index contributed by atoms with van der Waals surface area (Å²) < 4.78 is 0. The molecule has 1 N–H and O–H groups in total. The average Bonchev–Trinajstić information content (AvgIpc) is 3.29. The van der Waals surface area contributed by atoms with E-state index in [-0.39, 0.29) is 24.8 Å². The van der Waals surface area contributed by atoms with Crippen molar-refractivity contribution in [2.24, 2.45) is 0 Å². The van der Waals surface area contributed by atoms with E-state index in [2.05, 4.69) is 10.3 Å². The van der Waals surface area contributed by atoms with E-state index in [1.165, 1.54) is 16.2 Å². The molecule has 0 fully saturated rings. The molecule has 3 aromatic rings. The van der Waals surface area contributed by atoms with Gasteiger partial charge in [-0.25, -0.2) is 4.98 Å². The number of aryl methyl sites for hydroxylation is 2. The maximum Gasteiger partial charge on any atom is 0.243 e. The Labute approximate surface area is 166 Å². The molecule has 2 heterocycles. The number of anilines is 1. The highest BCUT2D eigenvalue weighted by atomic mass is 32.1. The summed E-state index contributed by atoms with van der Waals surface area (Å²) >= 11 is 3.14. The summed E-state index contributed by atoms with van der Waals surface area (Å²) in [5.74, 6) is -0.339. The Morgan fingerprint density at radius 1 is 1.15 bits per heavy atom. The number of nitrogens with zero attached hydrogens (tertiary/aromatic N) is 2. The van der Waals surface area contributed by atoms with Crippen LogP contribution in [0.2, 0.25) is 0 Å². The molecular formula is C20H21N3O2S2. The fourth-order valence-electron chi connectivity index (χ4n) is 2.69. The summed E-state index contributed by atoms with van der Waals surface area (Å²) in [6, 6.07) is 7.86. The smallest absolute Gasteiger partial charge is 0.243 e. The van der Waals surface area contributed by atoms with Gasteiger partial charge >= 0.3 is 0 Å². The average molecular weight is 400 g/mol. The topological polar surface area (TPSA) is 62.3 Å². The van der Waals surface area contributed by atoms with E-state index in [9.17, 15) is 9.59 Å². The quantitative estimate of drug-likeness (QED) is 0.678. The number of likely N-dealkylation sites (N-methyl/N-ethyl adjacent to an activating group) is 1. The molecule has 140 valence electrons. The van der Waals surface area contributed by atoms with Crippen molar-refractivity contribution in [1.82, 2.24) is 9.88 Å². The number of para-hydroxylation sites is 1. The van der Waals surface area contributed by atoms with Crippen molar-refractivity contribution < 1.29 is 9.59 Å². The van der Waals surface area contributed by atoms with Crippen LogP contribution in [0.3, 0.4) is 0 Å². The highest BCUT2D eigenvalue weighted by Gasteiger charge is 2.16. The van der Waals surface area contributed by atoms with E-state index in [0.29, 0.717) is 0 Å². The Morgan fingerprint density at radius 3 is 2.56 bits per heavy atom. The zero-order chi connectivity index (χ0) is 19.4. The minimum Gasteiger partial charge on any atom is -0.336 e. The number of aromatic nitrogens is 1. The van der Waals surface area contributed by atoms with Gasteiger partial charge in [0.15, 0.2) is 0 Å². The monoisotopic (exact) mass is 399 g/mol. The molecule has 2 aromatic heterocycles. The third kappa shape index (κ3) is 4.81. The van der Waals surface area contributed by atoms with Crippen LogP contribution in [0, 0.1) is 13.8 Å². The van der Waals surface area contributed by atoms with Gasteiger partial charge in [0.2, 0.25) is 11.8 Å². The summed E-state index contributed by atoms with van der Waals surface area (Å²) in [7, 11) is 1.64. The summed E-state index contributed by atoms with van der Waals surface area (Å²) in [5, 5.41) is 9.76. The summed E-state index contributed by atoms with van der Waals surface area (Å²) in [6.07, 6.45) is 0.188. The fourth-order valence-corrected chi connectivity index (χ4v) is 4.22. The van der Waals surface area contributed by atoms with Crippen molar-refractivity contribution in [2.75, 3.05) is 18.9 Å². The van der Waals surface area contributed by atoms with Crippen LogP contribution in [-0.2, 0) is 16.0 Å². The van der Waals surface area contributed by atoms with Crippen molar-refractivity contribution >= 4 is 40.2 Å². The molecule has 7 heteroatoms. The van der Waals surface area contributed by atoms with E-state index >= 15 is 0 Å². The fraction of sp³-hybridized carbons (Fsp3) is 0.250. The van der Waals surface area contributed by atoms with Crippen LogP contribution < -0.4 is 5.32 Å². The number of thiazole rings is 1. The van der Waals surface area contributed by atoms with E-state index in [4.69, 9.17) is 0 Å². The standard InChI is InChI=1S/C20H21N3O2S2/c1-13-5-4-6-14(2)19(13)22-17(24)10-23(3)18(25)9-16-12-27-20(21-16)15-7-8-26-11-15/h4-8,11-12H,9-10H2,1-3H3,(H,22,24). The molecule has 0 aliphatic carbocycles. The number of thiophene rings is 1. The molecule has 27 heavy (non-hydrogen) atoms. The lowest BCUT2D eigenvalue weighted by molar-refractivity contribution is -0.132. The third-order valence-corrected chi connectivity index (χ3v) is 5.83. The molecule has 0 saturated heterocycles. The third-order valence-electron chi connectivity index (χ3n) is 4.20. The number of carbonyl (C=O) groups excluding carboxylic acids is 2. The Morgan fingerprint density at radius 2 is 1.89 bits per heavy atom. The molecule has 0 atom stereocenters. The minimum atomic E-state index is -0.208. The summed E-state index contributed by atoms with van der Waals surface area (Å²) in [6.45, 7) is 3.91. The molecule has 1 aromatic carbocycles. The van der Waals surface area contributed by atoms with Crippen molar-refractivity contribution in [3.8, 4) is 10.6 Å². The first-order valence-corrected chi connectivity index (χ1v) is 10.3. The SMILES string of the molecule is Cc1cccc(C)c1NC(=O)CN(C)C(=O)Cc1csc(-c2ccsc2)n1. The Balaban J connectivity index is 1.57. The van der Waals surface area contributed by atoms with Gasteiger partial charge < -0.3 is 10.2 Å². The van der Waals surface area contributed by atoms with Crippen molar-refractivity contribution in [3.05, 3.63) is 57.2 Å². The summed E-state index contributed by atoms with van der Waals surface area (Å²) in [4.78, 5) is 30.7. The van der Waals surface area contributed by atoms with Crippen LogP contribution >= 0.6 is 22.7 Å². The molecule has 0 spiro atoms. The maximum absolute atomic E-state index is 12.4. The van der Waals surface area contributed by atoms with Gasteiger partial charge in [-0.2, -0.15) is 11.3 Å². The second-order valence-corrected chi connectivity index (χ2v) is 8.04. The number of carbonyl (C=O) groups is 2. The van der Waals surface area contributed by atoms with Gasteiger partial charge in [0.25, 0.3) is 0 Å². The normalized spacial score (nSPS) is 10.6. The minimum absolute atomic E-state index is 0.00807. The lowest BCUT2D eigenvalue weighted by Crippen LogP contribution is -2.36. The molecule has 0 aliphatic rings. The van der Waals surface area contributed by atoms with Crippen molar-refractivity contribution in [1.29, 1.82) is 0 Å². The van der Waals surface area contributed by atoms with Gasteiger partial charge in [-0.3, -0.25) is 9.59 Å². The molecular weight excluding hydrogens is 378 g/mol. The zero-order valence-corrected chi connectivity index (χ0v) is 17.1. The number of amides is 2. The second kappa shape index (κ2) is 8.45. The molecule has 2 amide bonds. The number of benzene rings is 1. The lowest BCUT2D eigenvalue weighted by Gasteiger charge is -2.17. The van der Waals surface area contributed by atoms with E-state index in [1.54, 1.807) is 18.4 Å². The van der Waals surface area contributed by atoms with Gasteiger partial charge in [-0.15, -0.1) is 11.3 Å². The predicted octanol–water partition coefficient (Wildman–Crippen LogP) is 4.13. The van der Waals surface area contributed by atoms with Gasteiger partial charge in [0.05, 0.1) is 18.7 Å². The van der Waals surface area contributed by atoms with Crippen molar-refractivity contribution in [3.63, 3.8) is 0 Å². The number of nitrogens with one attached hydrogen (secondary N) is 1. The number of hydrogen-bond donors (Lipinski definition) is 1. The second-order valence-electron chi connectivity index (χ2n) is 6.40. The Kier molecular flexibility index (Phi) is 6.03. The van der Waals surface area contributed by atoms with Crippen LogP contribution in [0.15, 0.2) is 40.4 Å². The lowest BCUT2D eigenvalue weighted by atomic mass is 10.1. The first kappa shape index (κ1) is 19.3. The van der Waals surface area contributed by atoms with Crippen molar-refractivity contribution in [2.45, 2.75) is 20.3 Å². The van der Waals surface area contributed by atoms with Crippen LogP contribution in [0.4, 0.5) is 5.69 Å². The van der Waals surface area contributed by atoms with Crippen LogP contribution in [0.25, 0.3) is 10.6 Å². The molecule has 3 rings (SSSR count). The number of hydrogen-bond acceptors (Lipinski definition) is 5. The molecule has 0 unspecified atom stereocenters. The van der Waals surface area contributed by atoms with Gasteiger partial charge in [-0.1, -0.05) is 18.2 Å². The predicted molar refractivity (Wildman–Crippen MR) is 111 cm³/mol. The van der Waals surface area contributed by atoms with Crippen LogP contribution in [0.1, 0.15) is 16.8 Å². The first-order chi connectivity index (χ1) is 12.9. The van der Waals surface area contributed by atoms with Gasteiger partial charge in [0, 0.05) is 29.1 Å². The summed E-state index contributed by atoms with van der Waals surface area (Å²) in [5.41, 5.74) is 4.61. The number of rotatable bonds is 6.